The van der Waals surface area contributed by atoms with Gasteiger partial charge in [0, 0.05) is 25.0 Å². The number of nitrogens with one attached hydrogen (secondary N) is 1. The SMILES string of the molecule is CCc1cc(CC(=O)NC)c2nc(C)cn2c1. The maximum Gasteiger partial charge on any atom is 0.224 e. The van der Waals surface area contributed by atoms with Crippen LogP contribution in [0.5, 0.6) is 0 Å². The number of amides is 1. The Morgan fingerprint density at radius 1 is 1.47 bits per heavy atom. The molecule has 4 nitrogen and oxygen atoms in total. The van der Waals surface area contributed by atoms with Crippen molar-refractivity contribution < 1.29 is 4.79 Å². The third-order valence-electron chi connectivity index (χ3n) is 2.84. The average molecular weight is 231 g/mol. The van der Waals surface area contributed by atoms with E-state index in [9.17, 15) is 4.79 Å². The van der Waals surface area contributed by atoms with E-state index in [1.807, 2.05) is 17.5 Å². The van der Waals surface area contributed by atoms with Crippen molar-refractivity contribution in [1.82, 2.24) is 14.7 Å². The van der Waals surface area contributed by atoms with E-state index in [2.05, 4.69) is 29.5 Å². The number of imidazole rings is 1. The number of hydrogen-bond donors (Lipinski definition) is 1. The van der Waals surface area contributed by atoms with Crippen molar-refractivity contribution in [3.63, 3.8) is 0 Å². The van der Waals surface area contributed by atoms with E-state index >= 15 is 0 Å². The second-order valence-electron chi connectivity index (χ2n) is 4.19. The van der Waals surface area contributed by atoms with Crippen LogP contribution in [0.3, 0.4) is 0 Å². The van der Waals surface area contributed by atoms with Crippen molar-refractivity contribution in [2.75, 3.05) is 7.05 Å². The fourth-order valence-corrected chi connectivity index (χ4v) is 1.94. The van der Waals surface area contributed by atoms with Gasteiger partial charge in [0.2, 0.25) is 5.91 Å². The van der Waals surface area contributed by atoms with Gasteiger partial charge in [0.25, 0.3) is 0 Å². The van der Waals surface area contributed by atoms with Crippen LogP contribution in [0, 0.1) is 6.92 Å². The summed E-state index contributed by atoms with van der Waals surface area (Å²) in [6, 6.07) is 2.07. The van der Waals surface area contributed by atoms with Gasteiger partial charge in [-0.25, -0.2) is 4.98 Å². The molecule has 0 saturated heterocycles. The lowest BCUT2D eigenvalue weighted by molar-refractivity contribution is -0.119. The lowest BCUT2D eigenvalue weighted by atomic mass is 10.1. The predicted molar refractivity (Wildman–Crippen MR) is 67.1 cm³/mol. The highest BCUT2D eigenvalue weighted by Crippen LogP contribution is 2.15. The number of hydrogen-bond acceptors (Lipinski definition) is 2. The molecule has 0 aromatic carbocycles. The summed E-state index contributed by atoms with van der Waals surface area (Å²) < 4.78 is 2.01. The normalized spacial score (nSPS) is 10.8. The average Bonchev–Trinajstić information content (AvgIpc) is 2.69. The first-order valence-electron chi connectivity index (χ1n) is 5.81. The van der Waals surface area contributed by atoms with E-state index in [0.717, 1.165) is 23.3 Å². The van der Waals surface area contributed by atoms with E-state index in [1.54, 1.807) is 7.05 Å². The van der Waals surface area contributed by atoms with Crippen LogP contribution in [-0.4, -0.2) is 22.3 Å². The first-order valence-corrected chi connectivity index (χ1v) is 5.81. The van der Waals surface area contributed by atoms with Crippen LogP contribution in [0.4, 0.5) is 0 Å². The molecule has 2 aromatic heterocycles. The Hall–Kier alpha value is -1.84. The highest BCUT2D eigenvalue weighted by Gasteiger charge is 2.09. The van der Waals surface area contributed by atoms with Crippen LogP contribution in [0.2, 0.25) is 0 Å². The number of carbonyl (C=O) groups excluding carboxylic acids is 1. The van der Waals surface area contributed by atoms with Gasteiger partial charge < -0.3 is 9.72 Å². The molecule has 2 rings (SSSR count). The molecule has 90 valence electrons. The summed E-state index contributed by atoms with van der Waals surface area (Å²) in [5.41, 5.74) is 4.05. The van der Waals surface area contributed by atoms with Crippen molar-refractivity contribution in [3.05, 3.63) is 35.3 Å². The molecule has 0 unspecified atom stereocenters. The highest BCUT2D eigenvalue weighted by atomic mass is 16.1. The van der Waals surface area contributed by atoms with Crippen molar-refractivity contribution in [1.29, 1.82) is 0 Å². The standard InChI is InChI=1S/C13H17N3O/c1-4-10-5-11(6-12(17)14-3)13-15-9(2)7-16(13)8-10/h5,7-8H,4,6H2,1-3H3,(H,14,17). The summed E-state index contributed by atoms with van der Waals surface area (Å²) in [5.74, 6) is 0.0146. The molecule has 0 radical (unpaired) electrons. The van der Waals surface area contributed by atoms with Crippen LogP contribution in [0.25, 0.3) is 5.65 Å². The van der Waals surface area contributed by atoms with Gasteiger partial charge in [-0.2, -0.15) is 0 Å². The summed E-state index contributed by atoms with van der Waals surface area (Å²) >= 11 is 0. The van der Waals surface area contributed by atoms with Gasteiger partial charge in [0.15, 0.2) is 0 Å². The third kappa shape index (κ3) is 2.30. The summed E-state index contributed by atoms with van der Waals surface area (Å²) in [6.45, 7) is 4.07. The predicted octanol–water partition coefficient (Wildman–Crippen LogP) is 1.49. The van der Waals surface area contributed by atoms with Gasteiger partial charge >= 0.3 is 0 Å². The second-order valence-corrected chi connectivity index (χ2v) is 4.19. The topological polar surface area (TPSA) is 46.4 Å². The zero-order valence-electron chi connectivity index (χ0n) is 10.4. The second kappa shape index (κ2) is 4.57. The number of pyridine rings is 1. The Morgan fingerprint density at radius 2 is 2.24 bits per heavy atom. The van der Waals surface area contributed by atoms with Gasteiger partial charge in [-0.15, -0.1) is 0 Å². The van der Waals surface area contributed by atoms with Crippen LogP contribution in [-0.2, 0) is 17.6 Å². The van der Waals surface area contributed by atoms with Crippen LogP contribution in [0.1, 0.15) is 23.7 Å². The van der Waals surface area contributed by atoms with E-state index in [1.165, 1.54) is 5.56 Å². The van der Waals surface area contributed by atoms with Crippen molar-refractivity contribution in [2.24, 2.45) is 0 Å². The number of aryl methyl sites for hydroxylation is 2. The Balaban J connectivity index is 2.53. The molecule has 0 fully saturated rings. The van der Waals surface area contributed by atoms with Crippen molar-refractivity contribution >= 4 is 11.6 Å². The lowest BCUT2D eigenvalue weighted by Gasteiger charge is -2.06. The summed E-state index contributed by atoms with van der Waals surface area (Å²) in [6.07, 6.45) is 5.39. The minimum Gasteiger partial charge on any atom is -0.359 e. The molecular weight excluding hydrogens is 214 g/mol. The molecule has 1 N–H and O–H groups in total. The number of aromatic nitrogens is 2. The van der Waals surface area contributed by atoms with E-state index in [0.29, 0.717) is 6.42 Å². The molecule has 0 atom stereocenters. The van der Waals surface area contributed by atoms with Gasteiger partial charge in [0.1, 0.15) is 5.65 Å². The van der Waals surface area contributed by atoms with Crippen LogP contribution < -0.4 is 5.32 Å². The first-order chi connectivity index (χ1) is 8.13. The molecule has 2 aromatic rings. The minimum absolute atomic E-state index is 0.0146. The number of carbonyl (C=O) groups is 1. The largest absolute Gasteiger partial charge is 0.359 e. The Morgan fingerprint density at radius 3 is 2.88 bits per heavy atom. The maximum absolute atomic E-state index is 11.5. The molecule has 0 aliphatic rings. The monoisotopic (exact) mass is 231 g/mol. The van der Waals surface area contributed by atoms with Gasteiger partial charge in [-0.3, -0.25) is 4.79 Å². The molecule has 2 heterocycles. The Labute approximate surface area is 101 Å². The molecule has 1 amide bonds. The Kier molecular flexibility index (Phi) is 3.13. The molecule has 0 saturated carbocycles. The van der Waals surface area contributed by atoms with Gasteiger partial charge in [-0.1, -0.05) is 13.0 Å². The van der Waals surface area contributed by atoms with Crippen molar-refractivity contribution in [2.45, 2.75) is 26.7 Å². The maximum atomic E-state index is 11.5. The smallest absolute Gasteiger partial charge is 0.224 e. The molecule has 4 heteroatoms. The molecular formula is C13H17N3O. The Bertz CT molecular complexity index is 557. The fourth-order valence-electron chi connectivity index (χ4n) is 1.94. The zero-order valence-corrected chi connectivity index (χ0v) is 10.4. The van der Waals surface area contributed by atoms with Crippen LogP contribution in [0.15, 0.2) is 18.5 Å². The summed E-state index contributed by atoms with van der Waals surface area (Å²) in [5, 5.41) is 2.65. The van der Waals surface area contributed by atoms with E-state index in [4.69, 9.17) is 0 Å². The van der Waals surface area contributed by atoms with Gasteiger partial charge in [-0.05, 0) is 18.9 Å². The molecule has 0 bridgehead atoms. The van der Waals surface area contributed by atoms with E-state index in [-0.39, 0.29) is 5.91 Å². The quantitative estimate of drug-likeness (QED) is 0.870. The fraction of sp³-hybridized carbons (Fsp3) is 0.385. The number of likely N-dealkylation sites (N-methyl/N-ethyl adjacent to an activating group) is 1. The highest BCUT2D eigenvalue weighted by molar-refractivity contribution is 5.80. The van der Waals surface area contributed by atoms with Crippen LogP contribution >= 0.6 is 0 Å². The summed E-state index contributed by atoms with van der Waals surface area (Å²) in [4.78, 5) is 15.9. The van der Waals surface area contributed by atoms with E-state index < -0.39 is 0 Å². The number of fused-ring (bicyclic) bond motifs is 1. The van der Waals surface area contributed by atoms with Gasteiger partial charge in [0.05, 0.1) is 12.1 Å². The molecule has 0 aliphatic carbocycles. The minimum atomic E-state index is 0.0146. The molecule has 0 spiro atoms. The molecule has 0 aliphatic heterocycles. The number of nitrogens with zero attached hydrogens (tertiary/aromatic N) is 2. The number of rotatable bonds is 3. The summed E-state index contributed by atoms with van der Waals surface area (Å²) in [7, 11) is 1.65. The molecule has 17 heavy (non-hydrogen) atoms. The van der Waals surface area contributed by atoms with Crippen molar-refractivity contribution in [3.8, 4) is 0 Å². The lowest BCUT2D eigenvalue weighted by Crippen LogP contribution is -2.20. The third-order valence-corrected chi connectivity index (χ3v) is 2.84. The first kappa shape index (κ1) is 11.6. The zero-order chi connectivity index (χ0) is 12.4.